The van der Waals surface area contributed by atoms with Crippen LogP contribution in [0.2, 0.25) is 0 Å². The van der Waals surface area contributed by atoms with Crippen molar-refractivity contribution in [3.05, 3.63) is 21.4 Å². The Kier molecular flexibility index (Phi) is 5.82. The fourth-order valence-corrected chi connectivity index (χ4v) is 3.42. The zero-order valence-corrected chi connectivity index (χ0v) is 12.3. The van der Waals surface area contributed by atoms with Gasteiger partial charge in [0.1, 0.15) is 0 Å². The van der Waals surface area contributed by atoms with Crippen LogP contribution in [0.1, 0.15) is 33.0 Å². The first kappa shape index (κ1) is 14.5. The SMILES string of the molecule is COCCNCCNC(=O)c1cc2c(s1)CCCC2. The molecule has 0 unspecified atom stereocenters. The third-order valence-electron chi connectivity index (χ3n) is 3.29. The van der Waals surface area contributed by atoms with E-state index in [0.717, 1.165) is 30.8 Å². The lowest BCUT2D eigenvalue weighted by atomic mass is 9.99. The third-order valence-corrected chi connectivity index (χ3v) is 4.53. The molecule has 0 aliphatic heterocycles. The third kappa shape index (κ3) is 4.30. The van der Waals surface area contributed by atoms with Gasteiger partial charge in [0, 0.05) is 31.6 Å². The second-order valence-corrected chi connectivity index (χ2v) is 5.90. The van der Waals surface area contributed by atoms with Crippen LogP contribution in [-0.2, 0) is 17.6 Å². The highest BCUT2D eigenvalue weighted by Gasteiger charge is 2.16. The zero-order chi connectivity index (χ0) is 13.5. The number of methoxy groups -OCH3 is 1. The van der Waals surface area contributed by atoms with Gasteiger partial charge in [-0.05, 0) is 37.3 Å². The summed E-state index contributed by atoms with van der Waals surface area (Å²) < 4.78 is 4.94. The Morgan fingerprint density at radius 1 is 1.32 bits per heavy atom. The second-order valence-electron chi connectivity index (χ2n) is 4.76. The molecule has 19 heavy (non-hydrogen) atoms. The quantitative estimate of drug-likeness (QED) is 0.747. The molecule has 0 saturated carbocycles. The molecule has 1 aliphatic rings. The summed E-state index contributed by atoms with van der Waals surface area (Å²) in [5.74, 6) is 0.0629. The highest BCUT2D eigenvalue weighted by molar-refractivity contribution is 7.14. The molecule has 1 aromatic heterocycles. The first-order valence-corrected chi connectivity index (χ1v) is 7.72. The van der Waals surface area contributed by atoms with Crippen molar-refractivity contribution in [3.63, 3.8) is 0 Å². The molecule has 0 aromatic carbocycles. The molecule has 106 valence electrons. The van der Waals surface area contributed by atoms with Gasteiger partial charge in [0.05, 0.1) is 11.5 Å². The van der Waals surface area contributed by atoms with Gasteiger partial charge in [0.2, 0.25) is 0 Å². The van der Waals surface area contributed by atoms with E-state index in [4.69, 9.17) is 4.74 Å². The number of thiophene rings is 1. The van der Waals surface area contributed by atoms with Gasteiger partial charge < -0.3 is 15.4 Å². The normalized spacial score (nSPS) is 14.2. The molecule has 0 atom stereocenters. The summed E-state index contributed by atoms with van der Waals surface area (Å²) in [6, 6.07) is 2.08. The minimum absolute atomic E-state index is 0.0629. The molecular weight excluding hydrogens is 260 g/mol. The number of aryl methyl sites for hydroxylation is 2. The van der Waals surface area contributed by atoms with E-state index in [0.29, 0.717) is 13.2 Å². The summed E-state index contributed by atoms with van der Waals surface area (Å²) in [6.45, 7) is 2.95. The van der Waals surface area contributed by atoms with Crippen LogP contribution in [0.5, 0.6) is 0 Å². The van der Waals surface area contributed by atoms with E-state index in [1.165, 1.54) is 23.3 Å². The standard InChI is InChI=1S/C14H22N2O2S/c1-18-9-8-15-6-7-16-14(17)13-10-11-4-2-3-5-12(11)19-13/h10,15H,2-9H2,1H3,(H,16,17). The Hall–Kier alpha value is -0.910. The van der Waals surface area contributed by atoms with Crippen molar-refractivity contribution in [2.45, 2.75) is 25.7 Å². The van der Waals surface area contributed by atoms with Crippen molar-refractivity contribution in [1.29, 1.82) is 0 Å². The Bertz CT molecular complexity index is 394. The van der Waals surface area contributed by atoms with Gasteiger partial charge in [-0.25, -0.2) is 0 Å². The first-order valence-electron chi connectivity index (χ1n) is 6.90. The van der Waals surface area contributed by atoms with Crippen molar-refractivity contribution in [2.75, 3.05) is 33.4 Å². The number of hydrogen-bond donors (Lipinski definition) is 2. The fraction of sp³-hybridized carbons (Fsp3) is 0.643. The molecule has 0 spiro atoms. The predicted octanol–water partition coefficient (Wildman–Crippen LogP) is 1.59. The van der Waals surface area contributed by atoms with Crippen LogP contribution in [0.4, 0.5) is 0 Å². The van der Waals surface area contributed by atoms with E-state index < -0.39 is 0 Å². The molecule has 0 fully saturated rings. The number of carbonyl (C=O) groups excluding carboxylic acids is 1. The summed E-state index contributed by atoms with van der Waals surface area (Å²) >= 11 is 1.66. The summed E-state index contributed by atoms with van der Waals surface area (Å²) in [5, 5.41) is 6.16. The van der Waals surface area contributed by atoms with Gasteiger partial charge in [-0.1, -0.05) is 0 Å². The maximum Gasteiger partial charge on any atom is 0.261 e. The Morgan fingerprint density at radius 3 is 2.95 bits per heavy atom. The molecule has 0 bridgehead atoms. The minimum Gasteiger partial charge on any atom is -0.383 e. The molecule has 5 heteroatoms. The summed E-state index contributed by atoms with van der Waals surface area (Å²) in [6.07, 6.45) is 4.80. The van der Waals surface area contributed by atoms with Crippen LogP contribution in [0.3, 0.4) is 0 Å². The summed E-state index contributed by atoms with van der Waals surface area (Å²) in [4.78, 5) is 14.3. The Balaban J connectivity index is 1.72. The average molecular weight is 282 g/mol. The van der Waals surface area contributed by atoms with Crippen LogP contribution in [0.25, 0.3) is 0 Å². The van der Waals surface area contributed by atoms with E-state index in [2.05, 4.69) is 16.7 Å². The van der Waals surface area contributed by atoms with Gasteiger partial charge in [0.25, 0.3) is 5.91 Å². The molecule has 1 aliphatic carbocycles. The van der Waals surface area contributed by atoms with Crippen LogP contribution in [-0.4, -0.2) is 39.3 Å². The fourth-order valence-electron chi connectivity index (χ4n) is 2.25. The molecule has 0 saturated heterocycles. The van der Waals surface area contributed by atoms with Gasteiger partial charge in [0.15, 0.2) is 0 Å². The molecule has 1 heterocycles. The number of rotatable bonds is 7. The lowest BCUT2D eigenvalue weighted by Crippen LogP contribution is -2.32. The number of nitrogens with one attached hydrogen (secondary N) is 2. The number of hydrogen-bond acceptors (Lipinski definition) is 4. The number of ether oxygens (including phenoxy) is 1. The molecule has 2 rings (SSSR count). The van der Waals surface area contributed by atoms with Crippen LogP contribution >= 0.6 is 11.3 Å². The highest BCUT2D eigenvalue weighted by atomic mass is 32.1. The van der Waals surface area contributed by atoms with E-state index in [1.807, 2.05) is 0 Å². The number of amides is 1. The second kappa shape index (κ2) is 7.62. The van der Waals surface area contributed by atoms with Crippen molar-refractivity contribution in [1.82, 2.24) is 10.6 Å². The van der Waals surface area contributed by atoms with Crippen LogP contribution < -0.4 is 10.6 Å². The Morgan fingerprint density at radius 2 is 2.16 bits per heavy atom. The summed E-state index contributed by atoms with van der Waals surface area (Å²) in [7, 11) is 1.68. The van der Waals surface area contributed by atoms with Gasteiger partial charge in [-0.2, -0.15) is 0 Å². The molecule has 0 radical (unpaired) electrons. The van der Waals surface area contributed by atoms with Gasteiger partial charge in [-0.3, -0.25) is 4.79 Å². The van der Waals surface area contributed by atoms with E-state index >= 15 is 0 Å². The molecule has 2 N–H and O–H groups in total. The molecule has 4 nitrogen and oxygen atoms in total. The van der Waals surface area contributed by atoms with E-state index in [-0.39, 0.29) is 5.91 Å². The van der Waals surface area contributed by atoms with Gasteiger partial charge >= 0.3 is 0 Å². The molecular formula is C14H22N2O2S. The van der Waals surface area contributed by atoms with E-state index in [9.17, 15) is 4.79 Å². The lowest BCUT2D eigenvalue weighted by molar-refractivity contribution is 0.0957. The average Bonchev–Trinajstić information content (AvgIpc) is 2.86. The zero-order valence-electron chi connectivity index (χ0n) is 11.5. The van der Waals surface area contributed by atoms with Crippen molar-refractivity contribution in [2.24, 2.45) is 0 Å². The number of fused-ring (bicyclic) bond motifs is 1. The van der Waals surface area contributed by atoms with Crippen LogP contribution in [0, 0.1) is 0 Å². The van der Waals surface area contributed by atoms with E-state index in [1.54, 1.807) is 18.4 Å². The molecule has 1 amide bonds. The maximum absolute atomic E-state index is 12.0. The Labute approximate surface area is 118 Å². The van der Waals surface area contributed by atoms with Crippen molar-refractivity contribution < 1.29 is 9.53 Å². The highest BCUT2D eigenvalue weighted by Crippen LogP contribution is 2.29. The predicted molar refractivity (Wildman–Crippen MR) is 78.0 cm³/mol. The van der Waals surface area contributed by atoms with Crippen molar-refractivity contribution >= 4 is 17.2 Å². The van der Waals surface area contributed by atoms with Crippen LogP contribution in [0.15, 0.2) is 6.07 Å². The van der Waals surface area contributed by atoms with Gasteiger partial charge in [-0.15, -0.1) is 11.3 Å². The smallest absolute Gasteiger partial charge is 0.261 e. The lowest BCUT2D eigenvalue weighted by Gasteiger charge is -2.08. The topological polar surface area (TPSA) is 50.4 Å². The first-order chi connectivity index (χ1) is 9.31. The summed E-state index contributed by atoms with van der Waals surface area (Å²) in [5.41, 5.74) is 1.39. The maximum atomic E-state index is 12.0. The number of carbonyl (C=O) groups is 1. The minimum atomic E-state index is 0.0629. The largest absolute Gasteiger partial charge is 0.383 e. The van der Waals surface area contributed by atoms with Crippen molar-refractivity contribution in [3.8, 4) is 0 Å². The monoisotopic (exact) mass is 282 g/mol. The molecule has 1 aromatic rings.